The quantitative estimate of drug-likeness (QED) is 0.887. The van der Waals surface area contributed by atoms with E-state index in [1.807, 2.05) is 0 Å². The van der Waals surface area contributed by atoms with Crippen LogP contribution in [0, 0.1) is 6.92 Å². The molecule has 0 aromatic heterocycles. The van der Waals surface area contributed by atoms with Crippen LogP contribution in [0.2, 0.25) is 0 Å². The fourth-order valence-electron chi connectivity index (χ4n) is 2.74. The Morgan fingerprint density at radius 3 is 2.21 bits per heavy atom. The van der Waals surface area contributed by atoms with Crippen LogP contribution in [0.25, 0.3) is 0 Å². The lowest BCUT2D eigenvalue weighted by Gasteiger charge is -2.43. The van der Waals surface area contributed by atoms with E-state index in [1.54, 1.807) is 0 Å². The number of aryl methyl sites for hydroxylation is 1. The van der Waals surface area contributed by atoms with E-state index in [2.05, 4.69) is 55.7 Å². The summed E-state index contributed by atoms with van der Waals surface area (Å²) in [6, 6.07) is 6.65. The van der Waals surface area contributed by atoms with Gasteiger partial charge in [-0.3, -0.25) is 4.90 Å². The predicted octanol–water partition coefficient (Wildman–Crippen LogP) is 2.37. The lowest BCUT2D eigenvalue weighted by Crippen LogP contribution is -2.53. The molecule has 1 aromatic carbocycles. The first kappa shape index (κ1) is 14.4. The second-order valence-electron chi connectivity index (χ2n) is 6.46. The third-order valence-corrected chi connectivity index (χ3v) is 4.14. The highest BCUT2D eigenvalue weighted by Crippen LogP contribution is 2.23. The maximum Gasteiger partial charge on any atom is 0.0369 e. The maximum atomic E-state index is 5.72. The summed E-state index contributed by atoms with van der Waals surface area (Å²) in [5, 5.41) is 0. The third-order valence-electron chi connectivity index (χ3n) is 4.14. The minimum absolute atomic E-state index is 0.283. The molecular weight excluding hydrogens is 234 g/mol. The number of rotatable bonds is 2. The normalized spacial score (nSPS) is 17.8. The van der Waals surface area contributed by atoms with Crippen LogP contribution < -0.4 is 10.6 Å². The second-order valence-corrected chi connectivity index (χ2v) is 6.46. The van der Waals surface area contributed by atoms with Gasteiger partial charge in [0, 0.05) is 44.0 Å². The first-order valence-electron chi connectivity index (χ1n) is 7.21. The van der Waals surface area contributed by atoms with Crippen molar-refractivity contribution in [1.29, 1.82) is 0 Å². The van der Waals surface area contributed by atoms with Crippen molar-refractivity contribution in [1.82, 2.24) is 4.90 Å². The van der Waals surface area contributed by atoms with Crippen LogP contribution in [0.5, 0.6) is 0 Å². The van der Waals surface area contributed by atoms with Gasteiger partial charge in [0.1, 0.15) is 0 Å². The van der Waals surface area contributed by atoms with Gasteiger partial charge in [-0.05, 0) is 51.0 Å². The Bertz CT molecular complexity index is 426. The monoisotopic (exact) mass is 261 g/mol. The number of benzene rings is 1. The molecule has 0 unspecified atom stereocenters. The summed E-state index contributed by atoms with van der Waals surface area (Å²) in [6.07, 6.45) is 0. The van der Waals surface area contributed by atoms with E-state index in [9.17, 15) is 0 Å². The van der Waals surface area contributed by atoms with Crippen molar-refractivity contribution < 1.29 is 0 Å². The Morgan fingerprint density at radius 1 is 1.11 bits per heavy atom. The zero-order valence-corrected chi connectivity index (χ0v) is 12.7. The lowest BCUT2D eigenvalue weighted by atomic mass is 10.0. The number of piperazine rings is 1. The molecule has 0 atom stereocenters. The molecule has 0 radical (unpaired) electrons. The first-order valence-corrected chi connectivity index (χ1v) is 7.21. The minimum atomic E-state index is 0.283. The molecule has 0 aliphatic carbocycles. The van der Waals surface area contributed by atoms with Crippen LogP contribution in [0.15, 0.2) is 18.2 Å². The molecule has 0 spiro atoms. The van der Waals surface area contributed by atoms with Crippen LogP contribution in [0.3, 0.4) is 0 Å². The average molecular weight is 261 g/mol. The number of nitrogens with zero attached hydrogens (tertiary/aromatic N) is 2. The van der Waals surface area contributed by atoms with Gasteiger partial charge >= 0.3 is 0 Å². The number of nitrogens with two attached hydrogens (primary N) is 1. The molecule has 1 fully saturated rings. The van der Waals surface area contributed by atoms with Crippen molar-refractivity contribution in [2.24, 2.45) is 5.73 Å². The Hall–Kier alpha value is -1.06. The van der Waals surface area contributed by atoms with E-state index in [-0.39, 0.29) is 5.54 Å². The zero-order valence-electron chi connectivity index (χ0n) is 12.7. The van der Waals surface area contributed by atoms with Gasteiger partial charge in [-0.1, -0.05) is 6.07 Å². The zero-order chi connectivity index (χ0) is 14.0. The van der Waals surface area contributed by atoms with E-state index in [4.69, 9.17) is 5.73 Å². The summed E-state index contributed by atoms with van der Waals surface area (Å²) < 4.78 is 0. The fraction of sp³-hybridized carbons (Fsp3) is 0.625. The van der Waals surface area contributed by atoms with Gasteiger partial charge in [0.05, 0.1) is 0 Å². The number of hydrogen-bond acceptors (Lipinski definition) is 3. The Morgan fingerprint density at radius 2 is 1.74 bits per heavy atom. The van der Waals surface area contributed by atoms with Gasteiger partial charge < -0.3 is 10.6 Å². The summed E-state index contributed by atoms with van der Waals surface area (Å²) in [5.74, 6) is 0. The van der Waals surface area contributed by atoms with Gasteiger partial charge in [-0.2, -0.15) is 0 Å². The third kappa shape index (κ3) is 3.28. The molecule has 1 saturated heterocycles. The summed E-state index contributed by atoms with van der Waals surface area (Å²) in [6.45, 7) is 14.2. The van der Waals surface area contributed by atoms with Crippen molar-refractivity contribution in [3.05, 3.63) is 29.3 Å². The highest BCUT2D eigenvalue weighted by atomic mass is 15.3. The molecule has 3 nitrogen and oxygen atoms in total. The smallest absolute Gasteiger partial charge is 0.0369 e. The fourth-order valence-corrected chi connectivity index (χ4v) is 2.74. The summed E-state index contributed by atoms with van der Waals surface area (Å²) in [5.41, 5.74) is 9.90. The van der Waals surface area contributed by atoms with Crippen LogP contribution >= 0.6 is 0 Å². The molecule has 19 heavy (non-hydrogen) atoms. The molecule has 3 heteroatoms. The lowest BCUT2D eigenvalue weighted by molar-refractivity contribution is 0.128. The molecule has 1 aliphatic rings. The SMILES string of the molecule is Cc1cc(N2CCN(C(C)(C)C)CC2)ccc1CN. The summed E-state index contributed by atoms with van der Waals surface area (Å²) in [4.78, 5) is 5.04. The van der Waals surface area contributed by atoms with E-state index in [1.165, 1.54) is 16.8 Å². The molecule has 106 valence electrons. The molecule has 1 aromatic rings. The van der Waals surface area contributed by atoms with E-state index in [0.717, 1.165) is 26.2 Å². The van der Waals surface area contributed by atoms with E-state index < -0.39 is 0 Å². The molecule has 0 amide bonds. The molecule has 0 bridgehead atoms. The molecule has 2 N–H and O–H groups in total. The van der Waals surface area contributed by atoms with Gasteiger partial charge in [0.25, 0.3) is 0 Å². The van der Waals surface area contributed by atoms with E-state index >= 15 is 0 Å². The van der Waals surface area contributed by atoms with E-state index in [0.29, 0.717) is 6.54 Å². The minimum Gasteiger partial charge on any atom is -0.369 e. The Kier molecular flexibility index (Phi) is 4.16. The first-order chi connectivity index (χ1) is 8.91. The van der Waals surface area contributed by atoms with Crippen molar-refractivity contribution in [3.63, 3.8) is 0 Å². The predicted molar refractivity (Wildman–Crippen MR) is 82.6 cm³/mol. The maximum absolute atomic E-state index is 5.72. The average Bonchev–Trinajstić information content (AvgIpc) is 2.38. The molecular formula is C16H27N3. The van der Waals surface area contributed by atoms with Crippen LogP contribution in [-0.2, 0) is 6.54 Å². The summed E-state index contributed by atoms with van der Waals surface area (Å²) >= 11 is 0. The van der Waals surface area contributed by atoms with Crippen LogP contribution in [0.4, 0.5) is 5.69 Å². The standard InChI is InChI=1S/C16H27N3/c1-13-11-15(6-5-14(13)12-17)18-7-9-19(10-8-18)16(2,3)4/h5-6,11H,7-10,12,17H2,1-4H3. The summed E-state index contributed by atoms with van der Waals surface area (Å²) in [7, 11) is 0. The van der Waals surface area contributed by atoms with Gasteiger partial charge in [-0.25, -0.2) is 0 Å². The molecule has 2 rings (SSSR count). The second kappa shape index (κ2) is 5.51. The van der Waals surface area contributed by atoms with Crippen LogP contribution in [0.1, 0.15) is 31.9 Å². The van der Waals surface area contributed by atoms with Crippen LogP contribution in [-0.4, -0.2) is 36.6 Å². The molecule has 1 heterocycles. The Balaban J connectivity index is 2.04. The molecule has 1 aliphatic heterocycles. The van der Waals surface area contributed by atoms with Crippen molar-refractivity contribution in [2.45, 2.75) is 39.8 Å². The number of anilines is 1. The highest BCUT2D eigenvalue weighted by Gasteiger charge is 2.25. The van der Waals surface area contributed by atoms with Crippen molar-refractivity contribution in [2.75, 3.05) is 31.1 Å². The van der Waals surface area contributed by atoms with Gasteiger partial charge in [-0.15, -0.1) is 0 Å². The van der Waals surface area contributed by atoms with Gasteiger partial charge in [0.15, 0.2) is 0 Å². The van der Waals surface area contributed by atoms with Crippen molar-refractivity contribution >= 4 is 5.69 Å². The topological polar surface area (TPSA) is 32.5 Å². The van der Waals surface area contributed by atoms with Crippen molar-refractivity contribution in [3.8, 4) is 0 Å². The molecule has 0 saturated carbocycles. The Labute approximate surface area is 117 Å². The largest absolute Gasteiger partial charge is 0.369 e. The number of hydrogen-bond donors (Lipinski definition) is 1. The highest BCUT2D eigenvalue weighted by molar-refractivity contribution is 5.51. The van der Waals surface area contributed by atoms with Gasteiger partial charge in [0.2, 0.25) is 0 Å².